The average molecular weight is 541 g/mol. The number of aryl methyl sites for hydroxylation is 1. The molecule has 3 aliphatic heterocycles. The van der Waals surface area contributed by atoms with E-state index in [1.807, 2.05) is 6.07 Å². The maximum absolute atomic E-state index is 13.1. The molecule has 1 unspecified atom stereocenters. The second-order valence-corrected chi connectivity index (χ2v) is 11.1. The van der Waals surface area contributed by atoms with Crippen LogP contribution >= 0.6 is 0 Å². The number of amides is 4. The highest BCUT2D eigenvalue weighted by Crippen LogP contribution is 2.31. The lowest BCUT2D eigenvalue weighted by atomic mass is 10.0. The fourth-order valence-electron chi connectivity index (χ4n) is 5.22. The minimum atomic E-state index is -4.18. The highest BCUT2D eigenvalue weighted by molar-refractivity contribution is 7.85. The number of hydrogen-bond acceptors (Lipinski definition) is 8. The molecule has 0 aromatic heterocycles. The Morgan fingerprint density at radius 2 is 1.58 bits per heavy atom. The van der Waals surface area contributed by atoms with E-state index in [1.165, 1.54) is 12.1 Å². The molecule has 2 aromatic rings. The smallest absolute Gasteiger partial charge is 0.294 e. The predicted molar refractivity (Wildman–Crippen MR) is 136 cm³/mol. The van der Waals surface area contributed by atoms with Crippen LogP contribution < -0.4 is 10.2 Å². The van der Waals surface area contributed by atoms with E-state index in [0.717, 1.165) is 61.7 Å². The highest BCUT2D eigenvalue weighted by atomic mass is 32.2. The molecular formula is C26H28N4O7S. The van der Waals surface area contributed by atoms with Gasteiger partial charge in [0.15, 0.2) is 0 Å². The summed E-state index contributed by atoms with van der Waals surface area (Å²) in [6, 6.07) is 10.4. The van der Waals surface area contributed by atoms with Crippen molar-refractivity contribution in [1.29, 1.82) is 0 Å². The summed E-state index contributed by atoms with van der Waals surface area (Å²) in [6.07, 6.45) is 1.90. The third kappa shape index (κ3) is 5.19. The van der Waals surface area contributed by atoms with Crippen LogP contribution in [-0.2, 0) is 26.1 Å². The lowest BCUT2D eigenvalue weighted by Crippen LogP contribution is -2.54. The summed E-state index contributed by atoms with van der Waals surface area (Å²) in [5.74, 6) is -2.05. The van der Waals surface area contributed by atoms with E-state index in [4.69, 9.17) is 4.55 Å². The number of benzene rings is 2. The van der Waals surface area contributed by atoms with Gasteiger partial charge < -0.3 is 4.90 Å². The second-order valence-electron chi connectivity index (χ2n) is 9.73. The molecule has 0 radical (unpaired) electrons. The van der Waals surface area contributed by atoms with E-state index >= 15 is 0 Å². The fourth-order valence-corrected chi connectivity index (χ4v) is 5.70. The first-order valence-electron chi connectivity index (χ1n) is 12.5. The first-order chi connectivity index (χ1) is 18.1. The van der Waals surface area contributed by atoms with Gasteiger partial charge in [-0.1, -0.05) is 12.1 Å². The minimum absolute atomic E-state index is 0.0830. The van der Waals surface area contributed by atoms with Crippen molar-refractivity contribution in [1.82, 2.24) is 15.1 Å². The van der Waals surface area contributed by atoms with Crippen LogP contribution in [0.5, 0.6) is 0 Å². The number of imide groups is 2. The number of nitrogens with one attached hydrogen (secondary N) is 1. The monoisotopic (exact) mass is 540 g/mol. The molecule has 2 aromatic carbocycles. The number of fused-ring (bicyclic) bond motifs is 1. The lowest BCUT2D eigenvalue weighted by Gasteiger charge is -2.36. The standard InChI is InChI=1S/C26H28N4O7S/c31-23-10-9-22(24(32)27-23)30-25(33)20-8-5-18(16-21(20)26(30)34)29-14-12-28(13-15-29)11-1-2-17-3-6-19(7-4-17)38(35,36)37/h3-8,16,22H,1-2,9-15H2,(H,27,31,32)(H,35,36,37). The molecule has 2 N–H and O–H groups in total. The van der Waals surface area contributed by atoms with Crippen molar-refractivity contribution in [2.24, 2.45) is 0 Å². The van der Waals surface area contributed by atoms with Crippen LogP contribution in [-0.4, -0.2) is 85.2 Å². The van der Waals surface area contributed by atoms with Crippen molar-refractivity contribution < 1.29 is 32.1 Å². The molecule has 11 nitrogen and oxygen atoms in total. The topological polar surface area (TPSA) is 144 Å². The number of rotatable bonds is 7. The summed E-state index contributed by atoms with van der Waals surface area (Å²) in [5.41, 5.74) is 2.39. The lowest BCUT2D eigenvalue weighted by molar-refractivity contribution is -0.136. The van der Waals surface area contributed by atoms with Gasteiger partial charge in [0.25, 0.3) is 21.9 Å². The molecule has 0 spiro atoms. The maximum atomic E-state index is 13.1. The Bertz CT molecular complexity index is 1400. The number of carbonyl (C=O) groups excluding carboxylic acids is 4. The third-order valence-corrected chi connectivity index (χ3v) is 8.19. The second kappa shape index (κ2) is 10.3. The van der Waals surface area contributed by atoms with Crippen molar-refractivity contribution in [2.45, 2.75) is 36.6 Å². The summed E-state index contributed by atoms with van der Waals surface area (Å²) in [4.78, 5) is 55.1. The number of anilines is 1. The molecule has 3 heterocycles. The van der Waals surface area contributed by atoms with E-state index in [0.29, 0.717) is 0 Å². The predicted octanol–water partition coefficient (Wildman–Crippen LogP) is 1.09. The molecule has 200 valence electrons. The summed E-state index contributed by atoms with van der Waals surface area (Å²) in [6.45, 7) is 4.04. The largest absolute Gasteiger partial charge is 0.369 e. The molecular weight excluding hydrogens is 512 g/mol. The molecule has 2 saturated heterocycles. The van der Waals surface area contributed by atoms with Crippen LogP contribution in [0.25, 0.3) is 0 Å². The highest BCUT2D eigenvalue weighted by Gasteiger charge is 2.44. The van der Waals surface area contributed by atoms with Gasteiger partial charge in [0.2, 0.25) is 11.8 Å². The Labute approximate surface area is 220 Å². The molecule has 0 saturated carbocycles. The Morgan fingerprint density at radius 3 is 2.24 bits per heavy atom. The molecule has 0 aliphatic carbocycles. The molecule has 1 atom stereocenters. The Hall–Kier alpha value is -3.61. The number of carbonyl (C=O) groups is 4. The molecule has 2 fully saturated rings. The van der Waals surface area contributed by atoms with Gasteiger partial charge in [-0.2, -0.15) is 8.42 Å². The maximum Gasteiger partial charge on any atom is 0.294 e. The van der Waals surface area contributed by atoms with Crippen LogP contribution in [0.2, 0.25) is 0 Å². The van der Waals surface area contributed by atoms with Gasteiger partial charge in [0.05, 0.1) is 16.0 Å². The van der Waals surface area contributed by atoms with Gasteiger partial charge in [-0.15, -0.1) is 0 Å². The van der Waals surface area contributed by atoms with Crippen molar-refractivity contribution in [3.63, 3.8) is 0 Å². The van der Waals surface area contributed by atoms with Gasteiger partial charge in [0, 0.05) is 38.3 Å². The zero-order valence-corrected chi connectivity index (χ0v) is 21.4. The quantitative estimate of drug-likeness (QED) is 0.389. The van der Waals surface area contributed by atoms with E-state index in [1.54, 1.807) is 24.3 Å². The number of hydrogen-bond donors (Lipinski definition) is 2. The summed E-state index contributed by atoms with van der Waals surface area (Å²) in [5, 5.41) is 2.20. The van der Waals surface area contributed by atoms with Crippen LogP contribution in [0, 0.1) is 0 Å². The SMILES string of the molecule is O=C1CCC(N2C(=O)c3ccc(N4CCN(CCCc5ccc(S(=O)(=O)O)cc5)CC4)cc3C2=O)C(=O)N1. The van der Waals surface area contributed by atoms with Crippen LogP contribution in [0.4, 0.5) is 5.69 Å². The van der Waals surface area contributed by atoms with Gasteiger partial charge in [-0.05, 0) is 61.7 Å². The third-order valence-electron chi connectivity index (χ3n) is 7.32. The van der Waals surface area contributed by atoms with Gasteiger partial charge >= 0.3 is 0 Å². The summed E-state index contributed by atoms with van der Waals surface area (Å²) < 4.78 is 31.4. The minimum Gasteiger partial charge on any atom is -0.369 e. The number of piperidine rings is 1. The molecule has 4 amide bonds. The van der Waals surface area contributed by atoms with Crippen molar-refractivity contribution in [3.8, 4) is 0 Å². The van der Waals surface area contributed by atoms with Crippen LogP contribution in [0.1, 0.15) is 45.5 Å². The van der Waals surface area contributed by atoms with Crippen LogP contribution in [0.3, 0.4) is 0 Å². The average Bonchev–Trinajstić information content (AvgIpc) is 3.13. The summed E-state index contributed by atoms with van der Waals surface area (Å²) in [7, 11) is -4.18. The van der Waals surface area contributed by atoms with E-state index < -0.39 is 39.8 Å². The zero-order chi connectivity index (χ0) is 27.0. The van der Waals surface area contributed by atoms with Crippen molar-refractivity contribution >= 4 is 39.4 Å². The Morgan fingerprint density at radius 1 is 0.895 bits per heavy atom. The molecule has 38 heavy (non-hydrogen) atoms. The molecule has 5 rings (SSSR count). The van der Waals surface area contributed by atoms with Gasteiger partial charge in [0.1, 0.15) is 6.04 Å². The molecule has 0 bridgehead atoms. The number of nitrogens with zero attached hydrogens (tertiary/aromatic N) is 3. The molecule has 3 aliphatic rings. The first kappa shape index (κ1) is 26.0. The van der Waals surface area contributed by atoms with E-state index in [9.17, 15) is 27.6 Å². The zero-order valence-electron chi connectivity index (χ0n) is 20.6. The van der Waals surface area contributed by atoms with Crippen molar-refractivity contribution in [3.05, 3.63) is 59.2 Å². The fraction of sp³-hybridized carbons (Fsp3) is 0.385. The van der Waals surface area contributed by atoms with Gasteiger partial charge in [-0.25, -0.2) is 0 Å². The Balaban J connectivity index is 1.15. The summed E-state index contributed by atoms with van der Waals surface area (Å²) >= 11 is 0. The van der Waals surface area contributed by atoms with E-state index in [2.05, 4.69) is 15.1 Å². The van der Waals surface area contributed by atoms with Crippen LogP contribution in [0.15, 0.2) is 47.4 Å². The van der Waals surface area contributed by atoms with E-state index in [-0.39, 0.29) is 28.9 Å². The first-order valence-corrected chi connectivity index (χ1v) is 14.0. The Kier molecular flexibility index (Phi) is 7.03. The van der Waals surface area contributed by atoms with Gasteiger partial charge in [-0.3, -0.25) is 38.8 Å². The van der Waals surface area contributed by atoms with Crippen molar-refractivity contribution in [2.75, 3.05) is 37.6 Å². The molecule has 12 heteroatoms. The normalized spacial score (nSPS) is 20.6. The number of piperazine rings is 1.